The molecule has 2 rings (SSSR count). The zero-order valence-corrected chi connectivity index (χ0v) is 13.9. The van der Waals surface area contributed by atoms with Crippen LogP contribution in [0, 0.1) is 0 Å². The van der Waals surface area contributed by atoms with Gasteiger partial charge in [0.15, 0.2) is 0 Å². The fourth-order valence-electron chi connectivity index (χ4n) is 2.50. The average molecular weight is 348 g/mol. The minimum Gasteiger partial charge on any atom is -0.480 e. The van der Waals surface area contributed by atoms with Crippen LogP contribution in [-0.4, -0.2) is 54.1 Å². The fraction of sp³-hybridized carbons (Fsp3) is 0.471. The van der Waals surface area contributed by atoms with Crippen molar-refractivity contribution in [1.29, 1.82) is 0 Å². The molecule has 1 aromatic rings. The number of carbonyl (C=O) groups is 3. The van der Waals surface area contributed by atoms with Gasteiger partial charge < -0.3 is 21.5 Å². The number of hydrogen-bond acceptors (Lipinski definition) is 5. The molecule has 136 valence electrons. The first-order valence-electron chi connectivity index (χ1n) is 8.34. The van der Waals surface area contributed by atoms with Gasteiger partial charge in [0.1, 0.15) is 18.1 Å². The number of nitrogens with one attached hydrogen (secondary N) is 3. The maximum atomic E-state index is 12.4. The van der Waals surface area contributed by atoms with E-state index in [0.717, 1.165) is 18.4 Å². The zero-order chi connectivity index (χ0) is 18.2. The number of benzene rings is 1. The van der Waals surface area contributed by atoms with Crippen molar-refractivity contribution in [1.82, 2.24) is 16.0 Å². The third-order valence-corrected chi connectivity index (χ3v) is 3.98. The van der Waals surface area contributed by atoms with Crippen LogP contribution in [0.5, 0.6) is 0 Å². The third kappa shape index (κ3) is 5.84. The second-order valence-electron chi connectivity index (χ2n) is 6.00. The summed E-state index contributed by atoms with van der Waals surface area (Å²) in [6.45, 7) is 1.04. The van der Waals surface area contributed by atoms with E-state index in [1.54, 1.807) is 0 Å². The summed E-state index contributed by atoms with van der Waals surface area (Å²) in [4.78, 5) is 35.4. The van der Waals surface area contributed by atoms with E-state index >= 15 is 0 Å². The molecule has 1 aliphatic heterocycles. The smallest absolute Gasteiger partial charge is 0.322 e. The number of aliphatic carboxylic acids is 1. The summed E-state index contributed by atoms with van der Waals surface area (Å²) in [5.74, 6) is -1.85. The summed E-state index contributed by atoms with van der Waals surface area (Å²) in [5.41, 5.74) is 6.33. The summed E-state index contributed by atoms with van der Waals surface area (Å²) < 4.78 is 0. The van der Waals surface area contributed by atoms with Crippen molar-refractivity contribution < 1.29 is 19.5 Å². The lowest BCUT2D eigenvalue weighted by atomic mass is 10.0. The Morgan fingerprint density at radius 1 is 1.16 bits per heavy atom. The largest absolute Gasteiger partial charge is 0.480 e. The van der Waals surface area contributed by atoms with Crippen molar-refractivity contribution >= 4 is 17.8 Å². The molecule has 8 heteroatoms. The van der Waals surface area contributed by atoms with Gasteiger partial charge in [-0.25, -0.2) is 0 Å². The predicted octanol–water partition coefficient (Wildman–Crippen LogP) is -1.01. The Balaban J connectivity index is 1.95. The van der Waals surface area contributed by atoms with Crippen LogP contribution in [0.2, 0.25) is 0 Å². The number of nitrogens with two attached hydrogens (primary N) is 1. The third-order valence-electron chi connectivity index (χ3n) is 3.98. The lowest BCUT2D eigenvalue weighted by Crippen LogP contribution is -2.50. The first-order valence-corrected chi connectivity index (χ1v) is 8.34. The van der Waals surface area contributed by atoms with Crippen LogP contribution >= 0.6 is 0 Å². The highest BCUT2D eigenvalue weighted by Gasteiger charge is 2.48. The van der Waals surface area contributed by atoms with Gasteiger partial charge in [-0.15, -0.1) is 0 Å². The van der Waals surface area contributed by atoms with E-state index in [1.165, 1.54) is 0 Å². The number of carboxylic acids is 1. The van der Waals surface area contributed by atoms with Crippen molar-refractivity contribution in [3.05, 3.63) is 35.9 Å². The van der Waals surface area contributed by atoms with Crippen molar-refractivity contribution in [2.45, 2.75) is 37.4 Å². The van der Waals surface area contributed by atoms with Crippen LogP contribution in [0.1, 0.15) is 18.4 Å². The molecule has 0 aliphatic carbocycles. The molecule has 25 heavy (non-hydrogen) atoms. The van der Waals surface area contributed by atoms with E-state index < -0.39 is 30.0 Å². The molecule has 0 unspecified atom stereocenters. The molecule has 0 saturated carbocycles. The molecule has 0 aromatic heterocycles. The predicted molar refractivity (Wildman–Crippen MR) is 91.7 cm³/mol. The van der Waals surface area contributed by atoms with Crippen molar-refractivity contribution in [2.24, 2.45) is 5.73 Å². The number of rotatable bonds is 10. The standard InChI is InChI=1S/C17H24N4O4/c18-8-4-5-9-19-15(22)12(10-11-6-2-1-3-7-11)20-16(23)13-14(21-13)17(24)25/h1-3,6-7,12-14,21H,4-5,8-10,18H2,(H,19,22)(H,20,23)(H,24,25)/t12-,13-,14-/m0/s1. The molecule has 1 saturated heterocycles. The molecule has 1 aliphatic rings. The minimum atomic E-state index is -1.08. The van der Waals surface area contributed by atoms with Crippen molar-refractivity contribution in [3.8, 4) is 0 Å². The minimum absolute atomic E-state index is 0.290. The van der Waals surface area contributed by atoms with Crippen LogP contribution in [0.3, 0.4) is 0 Å². The molecular weight excluding hydrogens is 324 g/mol. The average Bonchev–Trinajstić information content (AvgIpc) is 3.40. The number of carboxylic acid groups (broad SMARTS) is 1. The molecule has 0 bridgehead atoms. The Kier molecular flexibility index (Phi) is 6.91. The molecule has 0 spiro atoms. The Labute approximate surface area is 146 Å². The van der Waals surface area contributed by atoms with Crippen molar-refractivity contribution in [3.63, 3.8) is 0 Å². The topological polar surface area (TPSA) is 143 Å². The quantitative estimate of drug-likeness (QED) is 0.271. The van der Waals surface area contributed by atoms with E-state index in [4.69, 9.17) is 10.8 Å². The molecular formula is C17H24N4O4. The Morgan fingerprint density at radius 3 is 2.48 bits per heavy atom. The van der Waals surface area contributed by atoms with E-state index in [9.17, 15) is 14.4 Å². The van der Waals surface area contributed by atoms with Gasteiger partial charge in [-0.2, -0.15) is 0 Å². The van der Waals surface area contributed by atoms with Gasteiger partial charge in [0.2, 0.25) is 11.8 Å². The van der Waals surface area contributed by atoms with Gasteiger partial charge >= 0.3 is 5.97 Å². The number of carbonyl (C=O) groups excluding carboxylic acids is 2. The van der Waals surface area contributed by atoms with Crippen LogP contribution in [-0.2, 0) is 20.8 Å². The number of amides is 2. The molecule has 1 heterocycles. The van der Waals surface area contributed by atoms with Gasteiger partial charge in [-0.3, -0.25) is 19.7 Å². The van der Waals surface area contributed by atoms with Crippen LogP contribution < -0.4 is 21.7 Å². The summed E-state index contributed by atoms with van der Waals surface area (Å²) in [6, 6.07) is 6.89. The lowest BCUT2D eigenvalue weighted by Gasteiger charge is -2.18. The normalized spacial score (nSPS) is 19.7. The molecule has 1 aromatic carbocycles. The number of hydrogen-bond donors (Lipinski definition) is 5. The first kappa shape index (κ1) is 18.9. The highest BCUT2D eigenvalue weighted by Crippen LogP contribution is 2.12. The Bertz CT molecular complexity index is 608. The van der Waals surface area contributed by atoms with E-state index in [-0.39, 0.29) is 5.91 Å². The number of unbranched alkanes of at least 4 members (excludes halogenated alkanes) is 1. The fourth-order valence-corrected chi connectivity index (χ4v) is 2.50. The van der Waals surface area contributed by atoms with Crippen LogP contribution in [0.4, 0.5) is 0 Å². The summed E-state index contributed by atoms with van der Waals surface area (Å²) in [7, 11) is 0. The Hall–Kier alpha value is -2.45. The van der Waals surface area contributed by atoms with Crippen molar-refractivity contribution in [2.75, 3.05) is 13.1 Å². The molecule has 1 fully saturated rings. The summed E-state index contributed by atoms with van der Waals surface area (Å²) >= 11 is 0. The maximum Gasteiger partial charge on any atom is 0.322 e. The van der Waals surface area contributed by atoms with Crippen LogP contribution in [0.25, 0.3) is 0 Å². The highest BCUT2D eigenvalue weighted by atomic mass is 16.4. The van der Waals surface area contributed by atoms with E-state index in [0.29, 0.717) is 19.5 Å². The SMILES string of the molecule is NCCCCNC(=O)[C@H](Cc1ccccc1)NC(=O)[C@H]1N[C@@H]1C(=O)O. The van der Waals surface area contributed by atoms with Crippen LogP contribution in [0.15, 0.2) is 30.3 Å². The maximum absolute atomic E-state index is 12.4. The summed E-state index contributed by atoms with van der Waals surface area (Å²) in [6.07, 6.45) is 1.90. The molecule has 0 radical (unpaired) electrons. The van der Waals surface area contributed by atoms with Gasteiger partial charge in [0.25, 0.3) is 0 Å². The Morgan fingerprint density at radius 2 is 1.88 bits per heavy atom. The highest BCUT2D eigenvalue weighted by molar-refractivity contribution is 5.97. The van der Waals surface area contributed by atoms with Gasteiger partial charge in [0.05, 0.1) is 0 Å². The summed E-state index contributed by atoms with van der Waals surface area (Å²) in [5, 5.41) is 16.9. The molecule has 6 N–H and O–H groups in total. The van der Waals surface area contributed by atoms with E-state index in [2.05, 4.69) is 16.0 Å². The monoisotopic (exact) mass is 348 g/mol. The lowest BCUT2D eigenvalue weighted by molar-refractivity contribution is -0.137. The van der Waals surface area contributed by atoms with E-state index in [1.807, 2.05) is 30.3 Å². The molecule has 2 amide bonds. The second kappa shape index (κ2) is 9.14. The van der Waals surface area contributed by atoms with Gasteiger partial charge in [-0.1, -0.05) is 30.3 Å². The zero-order valence-electron chi connectivity index (χ0n) is 13.9. The van der Waals surface area contributed by atoms with Gasteiger partial charge in [0, 0.05) is 13.0 Å². The molecule has 3 atom stereocenters. The molecule has 8 nitrogen and oxygen atoms in total. The second-order valence-corrected chi connectivity index (χ2v) is 6.00. The van der Waals surface area contributed by atoms with Gasteiger partial charge in [-0.05, 0) is 24.9 Å². The first-order chi connectivity index (χ1) is 12.0.